The number of hydrogen-bond acceptors (Lipinski definition) is 2. The van der Waals surface area contributed by atoms with Gasteiger partial charge in [0, 0.05) is 4.47 Å². The minimum absolute atomic E-state index is 0.0300. The van der Waals surface area contributed by atoms with Gasteiger partial charge in [-0.25, -0.2) is 13.6 Å². The number of nitrogens with two attached hydrogens (primary N) is 1. The molecule has 1 spiro atoms. The van der Waals surface area contributed by atoms with Crippen molar-refractivity contribution in [1.82, 2.24) is 0 Å². The summed E-state index contributed by atoms with van der Waals surface area (Å²) in [5.41, 5.74) is 3.56. The van der Waals surface area contributed by atoms with E-state index in [-0.39, 0.29) is 15.6 Å². The Kier molecular flexibility index (Phi) is 4.95. The number of rotatable bonds is 4. The van der Waals surface area contributed by atoms with E-state index in [9.17, 15) is 21.6 Å². The lowest BCUT2D eigenvalue weighted by Gasteiger charge is -2.14. The molecule has 0 aliphatic heterocycles. The highest BCUT2D eigenvalue weighted by molar-refractivity contribution is 9.10. The molecule has 2 aromatic carbocycles. The second-order valence-electron chi connectivity index (χ2n) is 8.01. The van der Waals surface area contributed by atoms with Crippen LogP contribution in [0.2, 0.25) is 0 Å². The largest absolute Gasteiger partial charge is 0.417 e. The molecule has 29 heavy (non-hydrogen) atoms. The van der Waals surface area contributed by atoms with Crippen molar-refractivity contribution in [3.05, 3.63) is 69.2 Å². The molecular weight excluding hydrogens is 467 g/mol. The number of primary sulfonamides is 1. The van der Waals surface area contributed by atoms with Crippen LogP contribution in [0.15, 0.2) is 46.9 Å². The normalized spacial score (nSPS) is 18.5. The molecule has 2 aliphatic carbocycles. The van der Waals surface area contributed by atoms with E-state index in [2.05, 4.69) is 15.9 Å². The second-order valence-corrected chi connectivity index (χ2v) is 10.5. The predicted molar refractivity (Wildman–Crippen MR) is 110 cm³/mol. The summed E-state index contributed by atoms with van der Waals surface area (Å²) >= 11 is 3.01. The van der Waals surface area contributed by atoms with Gasteiger partial charge in [0.2, 0.25) is 10.0 Å². The van der Waals surface area contributed by atoms with E-state index in [1.807, 2.05) is 12.1 Å². The highest BCUT2D eigenvalue weighted by Gasteiger charge is 2.48. The van der Waals surface area contributed by atoms with Crippen LogP contribution in [0.25, 0.3) is 11.1 Å². The average Bonchev–Trinajstić information content (AvgIpc) is 3.25. The maximum absolute atomic E-state index is 13.4. The Balaban J connectivity index is 1.75. The minimum atomic E-state index is -4.43. The first-order chi connectivity index (χ1) is 13.5. The Morgan fingerprint density at radius 2 is 1.52 bits per heavy atom. The van der Waals surface area contributed by atoms with Gasteiger partial charge in [0.15, 0.2) is 0 Å². The molecule has 0 aromatic heterocycles. The lowest BCUT2D eigenvalue weighted by atomic mass is 9.95. The fourth-order valence-electron chi connectivity index (χ4n) is 4.07. The van der Waals surface area contributed by atoms with E-state index < -0.39 is 21.8 Å². The van der Waals surface area contributed by atoms with Gasteiger partial charge >= 0.3 is 6.18 Å². The van der Waals surface area contributed by atoms with Crippen LogP contribution < -0.4 is 5.14 Å². The van der Waals surface area contributed by atoms with E-state index in [4.69, 9.17) is 5.14 Å². The fourth-order valence-corrected chi connectivity index (χ4v) is 5.20. The summed E-state index contributed by atoms with van der Waals surface area (Å²) in [4.78, 5) is 0. The van der Waals surface area contributed by atoms with Gasteiger partial charge in [0.25, 0.3) is 0 Å². The van der Waals surface area contributed by atoms with Gasteiger partial charge in [-0.1, -0.05) is 46.3 Å². The standard InChI is InChI=1S/C21H19BrF3NO2S/c22-19-6-5-15(9-18(19)21(23,24)25)17-11-20(7-8-20)10-16(17)14-3-1-13(2-4-14)12-29(26,27)28/h1-6,9H,7-8,10-12H2,(H2,26,27,28). The number of sulfonamides is 1. The van der Waals surface area contributed by atoms with Crippen molar-refractivity contribution < 1.29 is 21.6 Å². The summed E-state index contributed by atoms with van der Waals surface area (Å²) in [6.45, 7) is 0. The molecule has 8 heteroatoms. The molecule has 2 aliphatic rings. The van der Waals surface area contributed by atoms with Crippen molar-refractivity contribution in [3.63, 3.8) is 0 Å². The summed E-state index contributed by atoms with van der Waals surface area (Å²) in [5, 5.41) is 5.10. The second kappa shape index (κ2) is 6.96. The van der Waals surface area contributed by atoms with Crippen molar-refractivity contribution in [2.24, 2.45) is 10.6 Å². The maximum Gasteiger partial charge on any atom is 0.417 e. The Bertz CT molecular complexity index is 1100. The van der Waals surface area contributed by atoms with E-state index in [0.717, 1.165) is 42.4 Å². The van der Waals surface area contributed by atoms with Crippen LogP contribution in [-0.4, -0.2) is 8.42 Å². The van der Waals surface area contributed by atoms with Gasteiger partial charge in [-0.3, -0.25) is 0 Å². The van der Waals surface area contributed by atoms with Gasteiger partial charge in [-0.2, -0.15) is 13.2 Å². The van der Waals surface area contributed by atoms with Crippen molar-refractivity contribution >= 4 is 37.1 Å². The van der Waals surface area contributed by atoms with Crippen molar-refractivity contribution in [2.45, 2.75) is 37.6 Å². The smallest absolute Gasteiger partial charge is 0.228 e. The number of halogens is 4. The molecule has 0 bridgehead atoms. The van der Waals surface area contributed by atoms with Crippen LogP contribution in [0.3, 0.4) is 0 Å². The molecule has 1 fully saturated rings. The minimum Gasteiger partial charge on any atom is -0.228 e. The van der Waals surface area contributed by atoms with Gasteiger partial charge in [0.05, 0.1) is 11.3 Å². The molecule has 3 nitrogen and oxygen atoms in total. The summed E-state index contributed by atoms with van der Waals surface area (Å²) in [6, 6.07) is 11.5. The zero-order chi connectivity index (χ0) is 21.0. The highest BCUT2D eigenvalue weighted by Crippen LogP contribution is 2.63. The van der Waals surface area contributed by atoms with Crippen molar-refractivity contribution in [1.29, 1.82) is 0 Å². The molecular formula is C21H19BrF3NO2S. The van der Waals surface area contributed by atoms with Crippen LogP contribution in [-0.2, 0) is 22.0 Å². The average molecular weight is 486 g/mol. The summed E-state index contributed by atoms with van der Waals surface area (Å²) in [6.07, 6.45) is -0.687. The number of hydrogen-bond donors (Lipinski definition) is 1. The quantitative estimate of drug-likeness (QED) is 0.599. The summed E-state index contributed by atoms with van der Waals surface area (Å²) in [5.74, 6) is -0.245. The molecule has 2 N–H and O–H groups in total. The first-order valence-corrected chi connectivity index (χ1v) is 11.7. The Morgan fingerprint density at radius 1 is 0.966 bits per heavy atom. The maximum atomic E-state index is 13.4. The zero-order valence-corrected chi connectivity index (χ0v) is 17.8. The molecule has 0 atom stereocenters. The number of alkyl halides is 3. The Hall–Kier alpha value is -1.64. The predicted octanol–water partition coefficient (Wildman–Crippen LogP) is 5.74. The number of benzene rings is 2. The third-order valence-corrected chi connectivity index (χ3v) is 7.14. The third kappa shape index (κ3) is 4.44. The van der Waals surface area contributed by atoms with E-state index in [1.54, 1.807) is 18.2 Å². The molecule has 0 radical (unpaired) electrons. The zero-order valence-electron chi connectivity index (χ0n) is 15.4. The van der Waals surface area contributed by atoms with Crippen molar-refractivity contribution in [3.8, 4) is 0 Å². The first-order valence-electron chi connectivity index (χ1n) is 9.15. The topological polar surface area (TPSA) is 60.2 Å². The summed E-state index contributed by atoms with van der Waals surface area (Å²) in [7, 11) is -3.62. The molecule has 154 valence electrons. The lowest BCUT2D eigenvalue weighted by molar-refractivity contribution is -0.138. The van der Waals surface area contributed by atoms with Crippen LogP contribution >= 0.6 is 15.9 Å². The molecule has 0 unspecified atom stereocenters. The van der Waals surface area contributed by atoms with Gasteiger partial charge in [-0.15, -0.1) is 0 Å². The molecule has 2 aromatic rings. The third-order valence-electron chi connectivity index (χ3n) is 5.72. The summed E-state index contributed by atoms with van der Waals surface area (Å²) < 4.78 is 62.7. The molecule has 4 rings (SSSR count). The molecule has 0 amide bonds. The van der Waals surface area contributed by atoms with E-state index >= 15 is 0 Å². The molecule has 0 heterocycles. The van der Waals surface area contributed by atoms with Crippen LogP contribution in [0.1, 0.15) is 47.9 Å². The Morgan fingerprint density at radius 3 is 2.03 bits per heavy atom. The molecule has 1 saturated carbocycles. The Labute approximate surface area is 176 Å². The fraction of sp³-hybridized carbons (Fsp3) is 0.333. The van der Waals surface area contributed by atoms with Crippen molar-refractivity contribution in [2.75, 3.05) is 0 Å². The monoisotopic (exact) mass is 485 g/mol. The van der Waals surface area contributed by atoms with Crippen LogP contribution in [0, 0.1) is 5.41 Å². The van der Waals surface area contributed by atoms with Gasteiger partial charge in [-0.05, 0) is 71.1 Å². The van der Waals surface area contributed by atoms with Crippen LogP contribution in [0.5, 0.6) is 0 Å². The number of allylic oxidation sites excluding steroid dienone is 2. The lowest BCUT2D eigenvalue weighted by Crippen LogP contribution is -2.14. The van der Waals surface area contributed by atoms with Gasteiger partial charge in [0.1, 0.15) is 0 Å². The highest BCUT2D eigenvalue weighted by atomic mass is 79.9. The SMILES string of the molecule is NS(=O)(=O)Cc1ccc(C2=C(c3ccc(Br)c(C(F)(F)F)c3)CC3(CC3)C2)cc1. The van der Waals surface area contributed by atoms with E-state index in [0.29, 0.717) is 11.1 Å². The van der Waals surface area contributed by atoms with Gasteiger partial charge < -0.3 is 0 Å². The first kappa shape index (κ1) is 20.6. The van der Waals surface area contributed by atoms with E-state index in [1.165, 1.54) is 12.1 Å². The van der Waals surface area contributed by atoms with Crippen LogP contribution in [0.4, 0.5) is 13.2 Å². The molecule has 0 saturated heterocycles.